The van der Waals surface area contributed by atoms with Gasteiger partial charge in [0, 0.05) is 34.0 Å². The number of rotatable bonds is 12. The Labute approximate surface area is 166 Å². The van der Waals surface area contributed by atoms with Gasteiger partial charge in [-0.3, -0.25) is 0 Å². The molecule has 1 fully saturated rings. The van der Waals surface area contributed by atoms with Crippen molar-refractivity contribution in [2.24, 2.45) is 0 Å². The van der Waals surface area contributed by atoms with Crippen LogP contribution in [0, 0.1) is 0 Å². The van der Waals surface area contributed by atoms with Crippen LogP contribution in [0.3, 0.4) is 0 Å². The van der Waals surface area contributed by atoms with Crippen LogP contribution in [0.15, 0.2) is 24.3 Å². The summed E-state index contributed by atoms with van der Waals surface area (Å²) in [6.45, 7) is 3.01. The quantitative estimate of drug-likeness (QED) is 0.354. The maximum absolute atomic E-state index is 6.12. The highest BCUT2D eigenvalue weighted by molar-refractivity contribution is 6.60. The Hall–Kier alpha value is -0.723. The van der Waals surface area contributed by atoms with Crippen LogP contribution in [-0.2, 0) is 24.4 Å². The maximum Gasteiger partial charge on any atom is 0.500 e. The molecule has 5 heteroatoms. The molecule has 2 rings (SSSR count). The van der Waals surface area contributed by atoms with E-state index in [4.69, 9.17) is 18.0 Å². The Kier molecular flexibility index (Phi) is 10.0. The molecular weight excluding hydrogens is 356 g/mol. The molecular formula is C22H38O4Si. The van der Waals surface area contributed by atoms with Gasteiger partial charge in [-0.25, -0.2) is 0 Å². The summed E-state index contributed by atoms with van der Waals surface area (Å²) in [4.78, 5) is 0. The Morgan fingerprint density at radius 3 is 2.07 bits per heavy atom. The van der Waals surface area contributed by atoms with Crippen LogP contribution in [-0.4, -0.2) is 42.8 Å². The van der Waals surface area contributed by atoms with Crippen LogP contribution in [0.4, 0.5) is 0 Å². The average molecular weight is 395 g/mol. The topological polar surface area (TPSA) is 36.9 Å². The Morgan fingerprint density at radius 1 is 0.889 bits per heavy atom. The van der Waals surface area contributed by atoms with E-state index >= 15 is 0 Å². The summed E-state index contributed by atoms with van der Waals surface area (Å²) in [6, 6.07) is 10.1. The predicted molar refractivity (Wildman–Crippen MR) is 112 cm³/mol. The van der Waals surface area contributed by atoms with Gasteiger partial charge in [0.2, 0.25) is 0 Å². The van der Waals surface area contributed by atoms with Crippen LogP contribution >= 0.6 is 0 Å². The number of aryl methyl sites for hydroxylation is 1. The van der Waals surface area contributed by atoms with Gasteiger partial charge in [-0.05, 0) is 62.0 Å². The van der Waals surface area contributed by atoms with E-state index in [0.717, 1.165) is 31.9 Å². The Balaban J connectivity index is 1.68. The third-order valence-corrected chi connectivity index (χ3v) is 8.69. The summed E-state index contributed by atoms with van der Waals surface area (Å²) in [5, 5.41) is 0. The van der Waals surface area contributed by atoms with Crippen molar-refractivity contribution in [3.05, 3.63) is 35.4 Å². The minimum absolute atomic E-state index is 0.397. The van der Waals surface area contributed by atoms with Crippen LogP contribution in [0.1, 0.15) is 68.9 Å². The summed E-state index contributed by atoms with van der Waals surface area (Å²) in [6.07, 6.45) is 9.83. The highest BCUT2D eigenvalue weighted by atomic mass is 28.4. The van der Waals surface area contributed by atoms with Gasteiger partial charge in [-0.1, -0.05) is 37.6 Å². The summed E-state index contributed by atoms with van der Waals surface area (Å²) >= 11 is 0. The van der Waals surface area contributed by atoms with Crippen molar-refractivity contribution >= 4 is 8.80 Å². The molecule has 1 aliphatic carbocycles. The van der Waals surface area contributed by atoms with Gasteiger partial charge in [0.05, 0.1) is 6.10 Å². The molecule has 0 spiro atoms. The fourth-order valence-corrected chi connectivity index (χ4v) is 5.68. The van der Waals surface area contributed by atoms with E-state index in [0.29, 0.717) is 12.0 Å². The van der Waals surface area contributed by atoms with E-state index in [1.807, 2.05) is 0 Å². The van der Waals surface area contributed by atoms with E-state index in [1.54, 1.807) is 21.3 Å². The van der Waals surface area contributed by atoms with Crippen LogP contribution < -0.4 is 0 Å². The molecule has 154 valence electrons. The van der Waals surface area contributed by atoms with Crippen LogP contribution in [0.2, 0.25) is 6.04 Å². The molecule has 1 aromatic rings. The first-order chi connectivity index (χ1) is 13.2. The van der Waals surface area contributed by atoms with Gasteiger partial charge in [0.1, 0.15) is 0 Å². The first-order valence-corrected chi connectivity index (χ1v) is 12.5. The second-order valence-corrected chi connectivity index (χ2v) is 10.7. The molecule has 0 radical (unpaired) electrons. The number of ether oxygens (including phenoxy) is 1. The van der Waals surface area contributed by atoms with Crippen molar-refractivity contribution in [3.63, 3.8) is 0 Å². The molecule has 0 bridgehead atoms. The third-order valence-electron chi connectivity index (χ3n) is 5.86. The second-order valence-electron chi connectivity index (χ2n) is 7.59. The monoisotopic (exact) mass is 394 g/mol. The largest absolute Gasteiger partial charge is 0.500 e. The normalized spacial score (nSPS) is 20.7. The van der Waals surface area contributed by atoms with Crippen LogP contribution in [0.25, 0.3) is 0 Å². The number of benzene rings is 1. The molecule has 0 saturated heterocycles. The van der Waals surface area contributed by atoms with Crippen molar-refractivity contribution in [1.82, 2.24) is 0 Å². The zero-order valence-electron chi connectivity index (χ0n) is 17.7. The minimum Gasteiger partial charge on any atom is -0.378 e. The molecule has 1 aliphatic rings. The van der Waals surface area contributed by atoms with E-state index in [1.165, 1.54) is 43.2 Å². The first-order valence-electron chi connectivity index (χ1n) is 10.5. The van der Waals surface area contributed by atoms with E-state index in [-0.39, 0.29) is 0 Å². The number of unbranched alkanes of at least 4 members (excludes halogenated alkanes) is 1. The molecule has 0 aromatic heterocycles. The van der Waals surface area contributed by atoms with Gasteiger partial charge in [0.15, 0.2) is 0 Å². The molecule has 1 saturated carbocycles. The van der Waals surface area contributed by atoms with Crippen molar-refractivity contribution in [1.29, 1.82) is 0 Å². The SMILES string of the molecule is CCCCc1ccc(C2CCC(OCCC[Si](OC)(OC)OC)CC2)cc1. The lowest BCUT2D eigenvalue weighted by Crippen LogP contribution is -2.42. The van der Waals surface area contributed by atoms with Crippen LogP contribution in [0.5, 0.6) is 0 Å². The molecule has 0 aliphatic heterocycles. The van der Waals surface area contributed by atoms with Gasteiger partial charge < -0.3 is 18.0 Å². The minimum atomic E-state index is -2.45. The molecule has 0 atom stereocenters. The van der Waals surface area contributed by atoms with E-state index < -0.39 is 8.80 Å². The molecule has 0 unspecified atom stereocenters. The highest BCUT2D eigenvalue weighted by Crippen LogP contribution is 2.34. The average Bonchev–Trinajstić information content (AvgIpc) is 2.74. The number of hydrogen-bond donors (Lipinski definition) is 0. The molecule has 0 amide bonds. The molecule has 4 nitrogen and oxygen atoms in total. The summed E-state index contributed by atoms with van der Waals surface area (Å²) in [7, 11) is 2.54. The standard InChI is InChI=1S/C22H38O4Si/c1-5-6-8-19-9-11-20(12-10-19)21-13-15-22(16-14-21)26-17-7-18-27(23-2,24-3)25-4/h9-12,21-22H,5-8,13-18H2,1-4H3. The van der Waals surface area contributed by atoms with Crippen molar-refractivity contribution < 1.29 is 18.0 Å². The molecule has 0 heterocycles. The van der Waals surface area contributed by atoms with Gasteiger partial charge >= 0.3 is 8.80 Å². The summed E-state index contributed by atoms with van der Waals surface area (Å²) < 4.78 is 22.5. The molecule has 1 aromatic carbocycles. The lowest BCUT2D eigenvalue weighted by Gasteiger charge is -2.29. The van der Waals surface area contributed by atoms with Gasteiger partial charge in [-0.2, -0.15) is 0 Å². The lowest BCUT2D eigenvalue weighted by molar-refractivity contribution is 0.0225. The third kappa shape index (κ3) is 6.99. The lowest BCUT2D eigenvalue weighted by atomic mass is 9.82. The highest BCUT2D eigenvalue weighted by Gasteiger charge is 2.37. The summed E-state index contributed by atoms with van der Waals surface area (Å²) in [5.74, 6) is 0.695. The Bertz CT molecular complexity index is 499. The summed E-state index contributed by atoms with van der Waals surface area (Å²) in [5.41, 5.74) is 2.98. The maximum atomic E-state index is 6.12. The molecule has 0 N–H and O–H groups in total. The van der Waals surface area contributed by atoms with Gasteiger partial charge in [-0.15, -0.1) is 0 Å². The fraction of sp³-hybridized carbons (Fsp3) is 0.727. The molecule has 27 heavy (non-hydrogen) atoms. The van der Waals surface area contributed by atoms with E-state index in [2.05, 4.69) is 31.2 Å². The zero-order valence-corrected chi connectivity index (χ0v) is 18.7. The zero-order chi connectivity index (χ0) is 19.5. The van der Waals surface area contributed by atoms with Crippen molar-refractivity contribution in [2.75, 3.05) is 27.9 Å². The fourth-order valence-electron chi connectivity index (χ4n) is 4.00. The number of hydrogen-bond acceptors (Lipinski definition) is 4. The predicted octanol–water partition coefficient (Wildman–Crippen LogP) is 5.34. The van der Waals surface area contributed by atoms with E-state index in [9.17, 15) is 0 Å². The van der Waals surface area contributed by atoms with Crippen molar-refractivity contribution in [2.45, 2.75) is 76.4 Å². The smallest absolute Gasteiger partial charge is 0.378 e. The Morgan fingerprint density at radius 2 is 1.52 bits per heavy atom. The first kappa shape index (κ1) is 22.6. The van der Waals surface area contributed by atoms with Gasteiger partial charge in [0.25, 0.3) is 0 Å². The second kappa shape index (κ2) is 12.0. The van der Waals surface area contributed by atoms with Crippen molar-refractivity contribution in [3.8, 4) is 0 Å².